The van der Waals surface area contributed by atoms with E-state index in [9.17, 15) is 4.79 Å². The van der Waals surface area contributed by atoms with Crippen LogP contribution in [-0.4, -0.2) is 47.0 Å². The lowest BCUT2D eigenvalue weighted by Gasteiger charge is -2.47. The highest BCUT2D eigenvalue weighted by molar-refractivity contribution is 5.94. The van der Waals surface area contributed by atoms with Crippen molar-refractivity contribution in [1.82, 2.24) is 14.9 Å². The molecule has 4 heterocycles. The summed E-state index contributed by atoms with van der Waals surface area (Å²) in [6.07, 6.45) is 8.85. The quantitative estimate of drug-likeness (QED) is 0.867. The molecule has 0 bridgehead atoms. The first-order valence-electron chi connectivity index (χ1n) is 8.06. The summed E-state index contributed by atoms with van der Waals surface area (Å²) in [6, 6.07) is 1.73. The topological polar surface area (TPSA) is 62.5 Å². The van der Waals surface area contributed by atoms with Crippen molar-refractivity contribution >= 4 is 11.9 Å². The number of likely N-dealkylation sites (tertiary alicyclic amines) is 1. The van der Waals surface area contributed by atoms with Gasteiger partial charge in [-0.05, 0) is 24.5 Å². The van der Waals surface area contributed by atoms with Crippen molar-refractivity contribution in [3.05, 3.63) is 42.1 Å². The van der Waals surface area contributed by atoms with E-state index < -0.39 is 0 Å². The van der Waals surface area contributed by atoms with Gasteiger partial charge in [-0.2, -0.15) is 0 Å². The molecule has 1 amide bonds. The Bertz CT molecular complexity index is 690. The van der Waals surface area contributed by atoms with Crippen molar-refractivity contribution in [1.29, 1.82) is 0 Å². The van der Waals surface area contributed by atoms with Crippen LogP contribution in [0.1, 0.15) is 29.3 Å². The maximum Gasteiger partial charge on any atom is 0.257 e. The maximum atomic E-state index is 12.4. The molecule has 0 unspecified atom stereocenters. The van der Waals surface area contributed by atoms with Gasteiger partial charge < -0.3 is 14.2 Å². The van der Waals surface area contributed by atoms with Crippen molar-refractivity contribution in [3.63, 3.8) is 0 Å². The zero-order chi connectivity index (χ0) is 15.9. The third-order valence-corrected chi connectivity index (χ3v) is 4.93. The minimum Gasteiger partial charge on any atom is -0.472 e. The van der Waals surface area contributed by atoms with E-state index in [1.165, 1.54) is 6.26 Å². The van der Waals surface area contributed by atoms with E-state index in [1.54, 1.807) is 12.3 Å². The van der Waals surface area contributed by atoms with E-state index in [-0.39, 0.29) is 11.3 Å². The lowest BCUT2D eigenvalue weighted by atomic mass is 9.79. The van der Waals surface area contributed by atoms with Gasteiger partial charge in [0.2, 0.25) is 5.95 Å². The molecule has 1 spiro atoms. The van der Waals surface area contributed by atoms with Gasteiger partial charge in [-0.25, -0.2) is 9.97 Å². The highest BCUT2D eigenvalue weighted by atomic mass is 16.3. The van der Waals surface area contributed by atoms with Crippen LogP contribution in [0, 0.1) is 5.41 Å². The average Bonchev–Trinajstić information content (AvgIpc) is 3.22. The molecular formula is C17H20N4O2. The number of furan rings is 1. The molecule has 120 valence electrons. The predicted molar refractivity (Wildman–Crippen MR) is 85.3 cm³/mol. The molecule has 2 aliphatic rings. The van der Waals surface area contributed by atoms with Gasteiger partial charge in [0, 0.05) is 44.0 Å². The largest absolute Gasteiger partial charge is 0.472 e. The summed E-state index contributed by atoms with van der Waals surface area (Å²) in [5.74, 6) is 0.866. The molecule has 0 radical (unpaired) electrons. The van der Waals surface area contributed by atoms with Gasteiger partial charge in [0.05, 0.1) is 11.8 Å². The predicted octanol–water partition coefficient (Wildman–Crippen LogP) is 1.98. The van der Waals surface area contributed by atoms with Crippen LogP contribution < -0.4 is 4.90 Å². The Hall–Kier alpha value is -2.37. The number of aromatic nitrogens is 2. The second kappa shape index (κ2) is 5.37. The number of hydrogen-bond donors (Lipinski definition) is 0. The van der Waals surface area contributed by atoms with Crippen molar-refractivity contribution < 1.29 is 9.21 Å². The van der Waals surface area contributed by atoms with Crippen molar-refractivity contribution in [2.75, 3.05) is 31.1 Å². The smallest absolute Gasteiger partial charge is 0.257 e. The van der Waals surface area contributed by atoms with Crippen molar-refractivity contribution in [2.24, 2.45) is 5.41 Å². The van der Waals surface area contributed by atoms with Crippen LogP contribution in [-0.2, 0) is 6.42 Å². The summed E-state index contributed by atoms with van der Waals surface area (Å²) in [7, 11) is 0. The molecule has 2 saturated heterocycles. The van der Waals surface area contributed by atoms with Crippen LogP contribution in [0.3, 0.4) is 0 Å². The Morgan fingerprint density at radius 3 is 2.74 bits per heavy atom. The number of carbonyl (C=O) groups excluding carboxylic acids is 1. The molecule has 6 nitrogen and oxygen atoms in total. The van der Waals surface area contributed by atoms with E-state index in [0.29, 0.717) is 5.56 Å². The Balaban J connectivity index is 1.38. The third-order valence-electron chi connectivity index (χ3n) is 4.93. The van der Waals surface area contributed by atoms with Crippen LogP contribution in [0.2, 0.25) is 0 Å². The number of aryl methyl sites for hydroxylation is 1. The fourth-order valence-corrected chi connectivity index (χ4v) is 3.53. The van der Waals surface area contributed by atoms with Gasteiger partial charge in [-0.1, -0.05) is 6.92 Å². The summed E-state index contributed by atoms with van der Waals surface area (Å²) >= 11 is 0. The minimum absolute atomic E-state index is 0.0672. The number of hydrogen-bond acceptors (Lipinski definition) is 5. The highest BCUT2D eigenvalue weighted by Gasteiger charge is 2.49. The molecule has 0 saturated carbocycles. The lowest BCUT2D eigenvalue weighted by Crippen LogP contribution is -2.58. The fraction of sp³-hybridized carbons (Fsp3) is 0.471. The first-order valence-corrected chi connectivity index (χ1v) is 8.06. The van der Waals surface area contributed by atoms with E-state index in [0.717, 1.165) is 50.5 Å². The number of carbonyl (C=O) groups is 1. The zero-order valence-corrected chi connectivity index (χ0v) is 13.2. The van der Waals surface area contributed by atoms with Gasteiger partial charge in [-0.3, -0.25) is 4.79 Å². The molecule has 0 aliphatic carbocycles. The molecule has 0 N–H and O–H groups in total. The van der Waals surface area contributed by atoms with Crippen molar-refractivity contribution in [3.8, 4) is 0 Å². The van der Waals surface area contributed by atoms with Crippen molar-refractivity contribution in [2.45, 2.75) is 19.8 Å². The molecule has 2 aliphatic heterocycles. The van der Waals surface area contributed by atoms with E-state index in [1.807, 2.05) is 17.3 Å². The Morgan fingerprint density at radius 2 is 2.09 bits per heavy atom. The van der Waals surface area contributed by atoms with Gasteiger partial charge in [0.15, 0.2) is 0 Å². The summed E-state index contributed by atoms with van der Waals surface area (Å²) < 4.78 is 5.01. The molecule has 2 fully saturated rings. The SMILES string of the molecule is CCc1cnc(N2CC3(CCN(C(=O)c4ccoc4)C3)C2)nc1. The van der Waals surface area contributed by atoms with Crippen LogP contribution >= 0.6 is 0 Å². The van der Waals surface area contributed by atoms with E-state index >= 15 is 0 Å². The monoisotopic (exact) mass is 312 g/mol. The summed E-state index contributed by atoms with van der Waals surface area (Å²) in [5, 5.41) is 0. The van der Waals surface area contributed by atoms with Gasteiger partial charge in [-0.15, -0.1) is 0 Å². The molecule has 2 aromatic heterocycles. The second-order valence-corrected chi connectivity index (χ2v) is 6.59. The summed E-state index contributed by atoms with van der Waals surface area (Å²) in [5.41, 5.74) is 1.99. The second-order valence-electron chi connectivity index (χ2n) is 6.59. The molecular weight excluding hydrogens is 292 g/mol. The summed E-state index contributed by atoms with van der Waals surface area (Å²) in [4.78, 5) is 25.4. The minimum atomic E-state index is 0.0672. The van der Waals surface area contributed by atoms with Crippen LogP contribution in [0.5, 0.6) is 0 Å². The first-order chi connectivity index (χ1) is 11.2. The zero-order valence-electron chi connectivity index (χ0n) is 13.2. The highest BCUT2D eigenvalue weighted by Crippen LogP contribution is 2.41. The molecule has 23 heavy (non-hydrogen) atoms. The fourth-order valence-electron chi connectivity index (χ4n) is 3.53. The maximum absolute atomic E-state index is 12.4. The first kappa shape index (κ1) is 14.2. The summed E-state index contributed by atoms with van der Waals surface area (Å²) in [6.45, 7) is 5.57. The number of amides is 1. The van der Waals surface area contributed by atoms with E-state index in [2.05, 4.69) is 21.8 Å². The Labute approximate surface area is 135 Å². The van der Waals surface area contributed by atoms with Crippen LogP contribution in [0.4, 0.5) is 5.95 Å². The number of rotatable bonds is 3. The Morgan fingerprint density at radius 1 is 1.30 bits per heavy atom. The molecule has 2 aromatic rings. The lowest BCUT2D eigenvalue weighted by molar-refractivity contribution is 0.0762. The van der Waals surface area contributed by atoms with E-state index in [4.69, 9.17) is 4.42 Å². The van der Waals surface area contributed by atoms with Gasteiger partial charge in [0.1, 0.15) is 6.26 Å². The standard InChI is InChI=1S/C17H20N4O2/c1-2-13-7-18-16(19-8-13)21-11-17(12-21)4-5-20(10-17)15(22)14-3-6-23-9-14/h3,6-9H,2,4-5,10-12H2,1H3. The molecule has 6 heteroatoms. The third kappa shape index (κ3) is 2.48. The van der Waals surface area contributed by atoms with Gasteiger partial charge >= 0.3 is 0 Å². The van der Waals surface area contributed by atoms with Crippen LogP contribution in [0.15, 0.2) is 35.4 Å². The molecule has 0 atom stereocenters. The van der Waals surface area contributed by atoms with Gasteiger partial charge in [0.25, 0.3) is 5.91 Å². The number of nitrogens with zero attached hydrogens (tertiary/aromatic N) is 4. The molecule has 4 rings (SSSR count). The normalized spacial score (nSPS) is 19.2. The molecule has 0 aromatic carbocycles. The Kier molecular flexibility index (Phi) is 3.32. The number of anilines is 1. The average molecular weight is 312 g/mol. The van der Waals surface area contributed by atoms with Crippen LogP contribution in [0.25, 0.3) is 0 Å².